The van der Waals surface area contributed by atoms with Gasteiger partial charge in [-0.2, -0.15) is 0 Å². The Labute approximate surface area is 239 Å². The Morgan fingerprint density at radius 3 is 2.05 bits per heavy atom. The standard InChI is InChI=1S/C32H41N3O4S/c1-23-12-11-15-27(19-23)21-34(29(31(37)33-32(4,5)6)20-26-13-9-8-10-14-26)30(36)22-35(40(7,38)39)28-17-16-24(2)18-25(28)3/h8-19,29H,20-22H2,1-7H3,(H,33,37). The highest BCUT2D eigenvalue weighted by Crippen LogP contribution is 2.25. The van der Waals surface area contributed by atoms with Crippen molar-refractivity contribution in [2.24, 2.45) is 0 Å². The maximum Gasteiger partial charge on any atom is 0.244 e. The number of aryl methyl sites for hydroxylation is 3. The van der Waals surface area contributed by atoms with Gasteiger partial charge in [0.1, 0.15) is 12.6 Å². The number of hydrogen-bond acceptors (Lipinski definition) is 4. The average Bonchev–Trinajstić information content (AvgIpc) is 2.84. The summed E-state index contributed by atoms with van der Waals surface area (Å²) in [4.78, 5) is 29.5. The summed E-state index contributed by atoms with van der Waals surface area (Å²) in [5.41, 5.74) is 4.42. The van der Waals surface area contributed by atoms with E-state index in [9.17, 15) is 18.0 Å². The van der Waals surface area contributed by atoms with Crippen LogP contribution in [0, 0.1) is 20.8 Å². The van der Waals surface area contributed by atoms with Crippen LogP contribution < -0.4 is 9.62 Å². The molecule has 40 heavy (non-hydrogen) atoms. The molecule has 0 radical (unpaired) electrons. The van der Waals surface area contributed by atoms with E-state index in [1.54, 1.807) is 6.07 Å². The molecule has 0 aliphatic carbocycles. The van der Waals surface area contributed by atoms with Crippen molar-refractivity contribution in [3.8, 4) is 0 Å². The van der Waals surface area contributed by atoms with Crippen LogP contribution in [0.5, 0.6) is 0 Å². The van der Waals surface area contributed by atoms with Crippen LogP contribution in [0.4, 0.5) is 5.69 Å². The third-order valence-electron chi connectivity index (χ3n) is 6.50. The molecule has 0 saturated heterocycles. The molecule has 0 aliphatic heterocycles. The third kappa shape index (κ3) is 8.68. The number of anilines is 1. The number of benzene rings is 3. The van der Waals surface area contributed by atoms with Crippen LogP contribution >= 0.6 is 0 Å². The Morgan fingerprint density at radius 1 is 0.850 bits per heavy atom. The van der Waals surface area contributed by atoms with Crippen molar-refractivity contribution in [2.75, 3.05) is 17.1 Å². The van der Waals surface area contributed by atoms with E-state index in [1.165, 1.54) is 4.90 Å². The highest BCUT2D eigenvalue weighted by molar-refractivity contribution is 7.92. The first-order valence-electron chi connectivity index (χ1n) is 13.4. The molecule has 0 fully saturated rings. The minimum Gasteiger partial charge on any atom is -0.350 e. The van der Waals surface area contributed by atoms with E-state index in [-0.39, 0.29) is 18.9 Å². The predicted octanol–water partition coefficient (Wildman–Crippen LogP) is 4.93. The predicted molar refractivity (Wildman–Crippen MR) is 162 cm³/mol. The van der Waals surface area contributed by atoms with Gasteiger partial charge in [0, 0.05) is 18.5 Å². The van der Waals surface area contributed by atoms with Crippen molar-refractivity contribution in [2.45, 2.75) is 66.1 Å². The van der Waals surface area contributed by atoms with Gasteiger partial charge in [-0.15, -0.1) is 0 Å². The molecule has 0 aliphatic rings. The number of carbonyl (C=O) groups excluding carboxylic acids is 2. The first-order chi connectivity index (χ1) is 18.6. The molecule has 7 nitrogen and oxygen atoms in total. The zero-order valence-corrected chi connectivity index (χ0v) is 25.4. The Kier molecular flexibility index (Phi) is 9.79. The lowest BCUT2D eigenvalue weighted by Crippen LogP contribution is -2.56. The molecule has 0 bridgehead atoms. The topological polar surface area (TPSA) is 86.8 Å². The van der Waals surface area contributed by atoms with E-state index < -0.39 is 34.1 Å². The van der Waals surface area contributed by atoms with Crippen molar-refractivity contribution in [3.05, 3.63) is 101 Å². The van der Waals surface area contributed by atoms with Gasteiger partial charge < -0.3 is 10.2 Å². The maximum absolute atomic E-state index is 14.2. The van der Waals surface area contributed by atoms with Crippen molar-refractivity contribution in [1.29, 1.82) is 0 Å². The number of nitrogens with one attached hydrogen (secondary N) is 1. The molecule has 0 aromatic heterocycles. The first kappa shape index (κ1) is 30.9. The van der Waals surface area contributed by atoms with E-state index in [4.69, 9.17) is 0 Å². The monoisotopic (exact) mass is 563 g/mol. The molecular formula is C32H41N3O4S. The summed E-state index contributed by atoms with van der Waals surface area (Å²) >= 11 is 0. The molecule has 1 unspecified atom stereocenters. The first-order valence-corrected chi connectivity index (χ1v) is 15.2. The molecular weight excluding hydrogens is 522 g/mol. The van der Waals surface area contributed by atoms with Crippen LogP contribution in [-0.2, 0) is 32.6 Å². The van der Waals surface area contributed by atoms with Crippen molar-refractivity contribution in [3.63, 3.8) is 0 Å². The molecule has 0 heterocycles. The lowest BCUT2D eigenvalue weighted by molar-refractivity contribution is -0.140. The van der Waals surface area contributed by atoms with E-state index in [1.807, 2.05) is 108 Å². The van der Waals surface area contributed by atoms with Crippen LogP contribution in [0.3, 0.4) is 0 Å². The Balaban J connectivity index is 2.09. The molecule has 0 saturated carbocycles. The highest BCUT2D eigenvalue weighted by Gasteiger charge is 2.34. The number of carbonyl (C=O) groups is 2. The zero-order chi connectivity index (χ0) is 29.7. The summed E-state index contributed by atoms with van der Waals surface area (Å²) in [6.45, 7) is 11.1. The second kappa shape index (κ2) is 12.7. The Hall–Kier alpha value is -3.65. The SMILES string of the molecule is Cc1cccc(CN(C(=O)CN(c2ccc(C)cc2C)S(C)(=O)=O)C(Cc2ccccc2)C(=O)NC(C)(C)C)c1. The van der Waals surface area contributed by atoms with Gasteiger partial charge in [-0.05, 0) is 64.3 Å². The van der Waals surface area contributed by atoms with Gasteiger partial charge in [0.25, 0.3) is 0 Å². The van der Waals surface area contributed by atoms with E-state index in [0.717, 1.165) is 38.4 Å². The van der Waals surface area contributed by atoms with Gasteiger partial charge in [-0.25, -0.2) is 8.42 Å². The van der Waals surface area contributed by atoms with Gasteiger partial charge in [-0.3, -0.25) is 13.9 Å². The minimum absolute atomic E-state index is 0.153. The van der Waals surface area contributed by atoms with Crippen molar-refractivity contribution in [1.82, 2.24) is 10.2 Å². The fraction of sp³-hybridized carbons (Fsp3) is 0.375. The summed E-state index contributed by atoms with van der Waals surface area (Å²) < 4.78 is 27.1. The second-order valence-corrected chi connectivity index (χ2v) is 13.4. The van der Waals surface area contributed by atoms with Crippen molar-refractivity contribution >= 4 is 27.5 Å². The van der Waals surface area contributed by atoms with Gasteiger partial charge in [-0.1, -0.05) is 77.9 Å². The van der Waals surface area contributed by atoms with Gasteiger partial charge in [0.05, 0.1) is 11.9 Å². The molecule has 3 aromatic carbocycles. The van der Waals surface area contributed by atoms with Gasteiger partial charge in [0.15, 0.2) is 0 Å². The molecule has 3 aromatic rings. The number of hydrogen-bond donors (Lipinski definition) is 1. The lowest BCUT2D eigenvalue weighted by Gasteiger charge is -2.35. The van der Waals surface area contributed by atoms with Crippen LogP contribution in [0.2, 0.25) is 0 Å². The normalized spacial score (nSPS) is 12.5. The van der Waals surface area contributed by atoms with Crippen LogP contribution in [-0.4, -0.2) is 49.5 Å². The van der Waals surface area contributed by atoms with Crippen LogP contribution in [0.25, 0.3) is 0 Å². The Morgan fingerprint density at radius 2 is 1.48 bits per heavy atom. The molecule has 1 atom stereocenters. The number of sulfonamides is 1. The molecule has 2 amide bonds. The fourth-order valence-corrected chi connectivity index (χ4v) is 5.60. The van der Waals surface area contributed by atoms with Crippen LogP contribution in [0.15, 0.2) is 72.8 Å². The molecule has 3 rings (SSSR count). The van der Waals surface area contributed by atoms with E-state index in [0.29, 0.717) is 5.69 Å². The molecule has 1 N–H and O–H groups in total. The summed E-state index contributed by atoms with van der Waals surface area (Å²) in [7, 11) is -3.81. The molecule has 214 valence electrons. The lowest BCUT2D eigenvalue weighted by atomic mass is 10.0. The number of nitrogens with zero attached hydrogens (tertiary/aromatic N) is 2. The van der Waals surface area contributed by atoms with Crippen molar-refractivity contribution < 1.29 is 18.0 Å². The quantitative estimate of drug-likeness (QED) is 0.379. The molecule has 0 spiro atoms. The van der Waals surface area contributed by atoms with Crippen LogP contribution in [0.1, 0.15) is 48.6 Å². The number of amides is 2. The summed E-state index contributed by atoms with van der Waals surface area (Å²) in [5.74, 6) is -0.758. The maximum atomic E-state index is 14.2. The Bertz CT molecular complexity index is 1450. The second-order valence-electron chi connectivity index (χ2n) is 11.5. The smallest absolute Gasteiger partial charge is 0.244 e. The highest BCUT2D eigenvalue weighted by atomic mass is 32.2. The average molecular weight is 564 g/mol. The number of rotatable bonds is 10. The summed E-state index contributed by atoms with van der Waals surface area (Å²) in [6.07, 6.45) is 1.38. The molecule has 8 heteroatoms. The van der Waals surface area contributed by atoms with Gasteiger partial charge >= 0.3 is 0 Å². The minimum atomic E-state index is -3.81. The summed E-state index contributed by atoms with van der Waals surface area (Å²) in [5, 5.41) is 3.04. The largest absolute Gasteiger partial charge is 0.350 e. The fourth-order valence-electron chi connectivity index (χ4n) is 4.69. The zero-order valence-electron chi connectivity index (χ0n) is 24.6. The summed E-state index contributed by atoms with van der Waals surface area (Å²) in [6, 6.07) is 21.9. The van der Waals surface area contributed by atoms with E-state index in [2.05, 4.69) is 5.32 Å². The van der Waals surface area contributed by atoms with Gasteiger partial charge in [0.2, 0.25) is 21.8 Å². The third-order valence-corrected chi connectivity index (χ3v) is 7.63. The van der Waals surface area contributed by atoms with E-state index >= 15 is 0 Å².